The van der Waals surface area contributed by atoms with Gasteiger partial charge in [0.2, 0.25) is 11.2 Å². The molecular formula is C25H29ClN2O5S. The number of aryl methyl sites for hydroxylation is 1. The van der Waals surface area contributed by atoms with Crippen LogP contribution >= 0.6 is 11.6 Å². The highest BCUT2D eigenvalue weighted by atomic mass is 35.5. The number of likely N-dealkylation sites (tertiary alicyclic amines) is 1. The number of carbonyl (C=O) groups is 3. The first-order valence-corrected chi connectivity index (χ1v) is 13.1. The van der Waals surface area contributed by atoms with Crippen molar-refractivity contribution in [3.63, 3.8) is 0 Å². The van der Waals surface area contributed by atoms with Crippen molar-refractivity contribution in [2.75, 3.05) is 19.6 Å². The standard InChI is InChI=1S/C25H29ClN2O5S/c26-21-12-8-18(9-13-21)5-3-1-2-4-14-27-23(29)16-28-15-22(24(28)30)34(33)17-19-6-10-20(11-7-19)25(31)32/h6-13,22H,1-5,14-17H2,(H,27,29)(H,31,32). The summed E-state index contributed by atoms with van der Waals surface area (Å²) in [6, 6.07) is 14.0. The second-order valence-corrected chi connectivity index (χ2v) is 10.4. The molecule has 2 unspecified atom stereocenters. The molecule has 2 atom stereocenters. The number of rotatable bonds is 13. The average Bonchev–Trinajstić information content (AvgIpc) is 2.82. The van der Waals surface area contributed by atoms with Crippen LogP contribution in [0, 0.1) is 0 Å². The molecule has 9 heteroatoms. The van der Waals surface area contributed by atoms with Gasteiger partial charge in [0.05, 0.1) is 18.7 Å². The molecule has 2 aromatic carbocycles. The van der Waals surface area contributed by atoms with E-state index >= 15 is 0 Å². The Kier molecular flexibility index (Phi) is 9.80. The van der Waals surface area contributed by atoms with Gasteiger partial charge in [0.25, 0.3) is 5.91 Å². The zero-order valence-corrected chi connectivity index (χ0v) is 20.4. The van der Waals surface area contributed by atoms with E-state index < -0.39 is 22.4 Å². The van der Waals surface area contributed by atoms with Crippen molar-refractivity contribution in [2.24, 2.45) is 0 Å². The van der Waals surface area contributed by atoms with Crippen LogP contribution in [0.2, 0.25) is 5.02 Å². The normalized spacial score (nSPS) is 16.1. The topological polar surface area (TPSA) is 110 Å². The van der Waals surface area contributed by atoms with Crippen LogP contribution in [0.5, 0.6) is 0 Å². The summed E-state index contributed by atoms with van der Waals surface area (Å²) in [5, 5.41) is 11.9. The molecule has 2 amide bonds. The van der Waals surface area contributed by atoms with Crippen molar-refractivity contribution >= 4 is 40.6 Å². The molecule has 1 aliphatic heterocycles. The van der Waals surface area contributed by atoms with Gasteiger partial charge in [0.15, 0.2) is 0 Å². The van der Waals surface area contributed by atoms with Gasteiger partial charge in [-0.15, -0.1) is 0 Å². The molecule has 34 heavy (non-hydrogen) atoms. The minimum Gasteiger partial charge on any atom is -0.615 e. The van der Waals surface area contributed by atoms with Crippen molar-refractivity contribution < 1.29 is 24.0 Å². The Morgan fingerprint density at radius 3 is 2.32 bits per heavy atom. The van der Waals surface area contributed by atoms with E-state index in [1.165, 1.54) is 22.6 Å². The lowest BCUT2D eigenvalue weighted by Crippen LogP contribution is -2.61. The summed E-state index contributed by atoms with van der Waals surface area (Å²) in [4.78, 5) is 36.7. The molecule has 1 fully saturated rings. The van der Waals surface area contributed by atoms with Crippen LogP contribution in [-0.4, -0.2) is 57.2 Å². The number of hydrogen-bond acceptors (Lipinski definition) is 4. The maximum atomic E-state index is 12.5. The first-order valence-electron chi connectivity index (χ1n) is 11.3. The number of hydrogen-bond donors (Lipinski definition) is 2. The number of unbranched alkanes of at least 4 members (excludes halogenated alkanes) is 3. The lowest BCUT2D eigenvalue weighted by Gasteiger charge is -2.37. The highest BCUT2D eigenvalue weighted by Gasteiger charge is 2.45. The third kappa shape index (κ3) is 7.75. The summed E-state index contributed by atoms with van der Waals surface area (Å²) >= 11 is 4.47. The fraction of sp³-hybridized carbons (Fsp3) is 0.400. The number of carboxylic acids is 1. The predicted octanol–water partition coefficient (Wildman–Crippen LogP) is 3.42. The fourth-order valence-electron chi connectivity index (χ4n) is 3.72. The number of benzene rings is 2. The van der Waals surface area contributed by atoms with Crippen LogP contribution in [0.1, 0.15) is 47.2 Å². The third-order valence-corrected chi connectivity index (χ3v) is 7.62. The second kappa shape index (κ2) is 12.8. The first-order chi connectivity index (χ1) is 16.3. The zero-order chi connectivity index (χ0) is 24.5. The molecular weight excluding hydrogens is 476 g/mol. The van der Waals surface area contributed by atoms with Gasteiger partial charge in [0.1, 0.15) is 5.75 Å². The molecule has 3 rings (SSSR count). The van der Waals surface area contributed by atoms with E-state index in [1.807, 2.05) is 24.3 Å². The molecule has 1 heterocycles. The lowest BCUT2D eigenvalue weighted by molar-refractivity contribution is -0.143. The van der Waals surface area contributed by atoms with E-state index in [1.54, 1.807) is 12.1 Å². The number of nitrogens with one attached hydrogen (secondary N) is 1. The van der Waals surface area contributed by atoms with Crippen LogP contribution in [0.15, 0.2) is 48.5 Å². The Labute approximate surface area is 207 Å². The van der Waals surface area contributed by atoms with Gasteiger partial charge in [-0.1, -0.05) is 48.7 Å². The predicted molar refractivity (Wildman–Crippen MR) is 132 cm³/mol. The van der Waals surface area contributed by atoms with Crippen LogP contribution < -0.4 is 5.32 Å². The summed E-state index contributed by atoms with van der Waals surface area (Å²) in [5.41, 5.74) is 2.14. The van der Waals surface area contributed by atoms with Gasteiger partial charge in [-0.25, -0.2) is 4.79 Å². The number of carboxylic acid groups (broad SMARTS) is 1. The molecule has 7 nitrogen and oxygen atoms in total. The summed E-state index contributed by atoms with van der Waals surface area (Å²) < 4.78 is 12.5. The van der Waals surface area contributed by atoms with Gasteiger partial charge in [0, 0.05) is 17.1 Å². The Hall–Kier alpha value is -2.55. The molecule has 0 aliphatic carbocycles. The number of amides is 2. The van der Waals surface area contributed by atoms with E-state index in [2.05, 4.69) is 5.32 Å². The monoisotopic (exact) mass is 504 g/mol. The summed E-state index contributed by atoms with van der Waals surface area (Å²) in [5.74, 6) is -1.33. The molecule has 2 aromatic rings. The molecule has 0 saturated carbocycles. The Morgan fingerprint density at radius 1 is 1.03 bits per heavy atom. The van der Waals surface area contributed by atoms with Crippen molar-refractivity contribution in [1.82, 2.24) is 10.2 Å². The second-order valence-electron chi connectivity index (χ2n) is 8.38. The maximum Gasteiger partial charge on any atom is 0.335 e. The van der Waals surface area contributed by atoms with Gasteiger partial charge in [-0.3, -0.25) is 9.59 Å². The summed E-state index contributed by atoms with van der Waals surface area (Å²) in [6.45, 7) is 0.844. The van der Waals surface area contributed by atoms with E-state index in [0.29, 0.717) is 12.1 Å². The minimum absolute atomic E-state index is 0.0175. The third-order valence-electron chi connectivity index (χ3n) is 5.76. The number of halogens is 1. The van der Waals surface area contributed by atoms with Gasteiger partial charge in [-0.2, -0.15) is 0 Å². The van der Waals surface area contributed by atoms with E-state index in [9.17, 15) is 18.9 Å². The van der Waals surface area contributed by atoms with Crippen molar-refractivity contribution in [2.45, 2.75) is 43.1 Å². The Bertz CT molecular complexity index is 984. The van der Waals surface area contributed by atoms with Crippen LogP contribution in [-0.2, 0) is 32.9 Å². The van der Waals surface area contributed by atoms with Gasteiger partial charge in [-0.05, 0) is 60.3 Å². The van der Waals surface area contributed by atoms with Gasteiger partial charge < -0.3 is 19.9 Å². The van der Waals surface area contributed by atoms with Crippen LogP contribution in [0.3, 0.4) is 0 Å². The highest BCUT2D eigenvalue weighted by molar-refractivity contribution is 7.92. The quantitative estimate of drug-likeness (QED) is 0.247. The molecule has 2 N–H and O–H groups in total. The molecule has 1 saturated heterocycles. The van der Waals surface area contributed by atoms with E-state index in [4.69, 9.17) is 16.7 Å². The minimum atomic E-state index is -1.41. The summed E-state index contributed by atoms with van der Waals surface area (Å²) in [7, 11) is 0. The highest BCUT2D eigenvalue weighted by Crippen LogP contribution is 2.22. The Morgan fingerprint density at radius 2 is 1.68 bits per heavy atom. The molecule has 182 valence electrons. The molecule has 0 bridgehead atoms. The van der Waals surface area contributed by atoms with E-state index in [0.717, 1.165) is 37.1 Å². The number of aromatic carboxylic acids is 1. The molecule has 0 spiro atoms. The molecule has 1 aliphatic rings. The number of β-lactam (4-membered cyclic amide) rings is 1. The van der Waals surface area contributed by atoms with Crippen LogP contribution in [0.25, 0.3) is 0 Å². The lowest BCUT2D eigenvalue weighted by atomic mass is 10.1. The number of carbonyl (C=O) groups excluding carboxylic acids is 2. The van der Waals surface area contributed by atoms with Crippen molar-refractivity contribution in [1.29, 1.82) is 0 Å². The van der Waals surface area contributed by atoms with E-state index in [-0.39, 0.29) is 36.2 Å². The average molecular weight is 505 g/mol. The summed E-state index contributed by atoms with van der Waals surface area (Å²) in [6.07, 6.45) is 5.07. The van der Waals surface area contributed by atoms with Crippen molar-refractivity contribution in [3.8, 4) is 0 Å². The fourth-order valence-corrected chi connectivity index (χ4v) is 5.29. The Balaban J connectivity index is 1.25. The smallest absolute Gasteiger partial charge is 0.335 e. The van der Waals surface area contributed by atoms with Gasteiger partial charge >= 0.3 is 5.97 Å². The SMILES string of the molecule is O=C(CN1CC([S+]([O-])Cc2ccc(C(=O)O)cc2)C1=O)NCCCCCCc1ccc(Cl)cc1. The molecule has 0 aromatic heterocycles. The maximum absolute atomic E-state index is 12.5. The van der Waals surface area contributed by atoms with Crippen LogP contribution in [0.4, 0.5) is 0 Å². The molecule has 0 radical (unpaired) electrons. The zero-order valence-electron chi connectivity index (χ0n) is 18.9. The largest absolute Gasteiger partial charge is 0.615 e. The van der Waals surface area contributed by atoms with Crippen molar-refractivity contribution in [3.05, 3.63) is 70.2 Å². The first kappa shape index (κ1) is 26.1. The number of nitrogens with zero attached hydrogens (tertiary/aromatic N) is 1.